The van der Waals surface area contributed by atoms with E-state index in [1.165, 1.54) is 7.11 Å². The largest absolute Gasteiger partial charge is 0.469 e. The highest BCUT2D eigenvalue weighted by Crippen LogP contribution is 2.14. The molecule has 0 saturated heterocycles. The second-order valence-electron chi connectivity index (χ2n) is 5.01. The Bertz CT molecular complexity index is 562. The van der Waals surface area contributed by atoms with Crippen molar-refractivity contribution in [2.24, 2.45) is 5.92 Å². The summed E-state index contributed by atoms with van der Waals surface area (Å²) in [7, 11) is 1.26. The molecule has 21 heavy (non-hydrogen) atoms. The first-order chi connectivity index (χ1) is 9.80. The Hall–Kier alpha value is -2.50. The predicted octanol–water partition coefficient (Wildman–Crippen LogP) is -0.557. The van der Waals surface area contributed by atoms with Gasteiger partial charge in [-0.05, 0) is 18.1 Å². The van der Waals surface area contributed by atoms with Crippen LogP contribution in [0.1, 0.15) is 26.6 Å². The van der Waals surface area contributed by atoms with Crippen molar-refractivity contribution < 1.29 is 14.3 Å². The van der Waals surface area contributed by atoms with Crippen LogP contribution in [0.5, 0.6) is 0 Å². The van der Waals surface area contributed by atoms with Gasteiger partial charge in [0.2, 0.25) is 5.91 Å². The van der Waals surface area contributed by atoms with E-state index < -0.39 is 17.4 Å². The molecule has 114 valence electrons. The summed E-state index contributed by atoms with van der Waals surface area (Å²) >= 11 is 0. The van der Waals surface area contributed by atoms with Crippen molar-refractivity contribution in [1.29, 1.82) is 5.26 Å². The third kappa shape index (κ3) is 4.52. The van der Waals surface area contributed by atoms with Gasteiger partial charge in [-0.15, -0.1) is 10.2 Å². The highest BCUT2D eigenvalue weighted by atomic mass is 16.5. The summed E-state index contributed by atoms with van der Waals surface area (Å²) in [5.74, 6) is -0.780. The van der Waals surface area contributed by atoms with Crippen LogP contribution in [-0.4, -0.2) is 44.7 Å². The number of nitrogens with zero attached hydrogens (tertiary/aromatic N) is 5. The van der Waals surface area contributed by atoms with Gasteiger partial charge in [0.15, 0.2) is 5.82 Å². The van der Waals surface area contributed by atoms with E-state index in [2.05, 4.69) is 31.5 Å². The number of nitrogens with one attached hydrogen (secondary N) is 1. The molecule has 1 heterocycles. The van der Waals surface area contributed by atoms with Gasteiger partial charge in [-0.1, -0.05) is 13.8 Å². The molecule has 0 bridgehead atoms. The van der Waals surface area contributed by atoms with E-state index in [0.29, 0.717) is 0 Å². The summed E-state index contributed by atoms with van der Waals surface area (Å²) in [5, 5.41) is 23.0. The fourth-order valence-electron chi connectivity index (χ4n) is 1.37. The summed E-state index contributed by atoms with van der Waals surface area (Å²) in [6, 6.07) is 2.07. The molecule has 0 aliphatic heterocycles. The van der Waals surface area contributed by atoms with Crippen molar-refractivity contribution in [2.45, 2.75) is 39.3 Å². The normalized spacial score (nSPS) is 13.3. The van der Waals surface area contributed by atoms with Crippen molar-refractivity contribution in [2.75, 3.05) is 7.11 Å². The van der Waals surface area contributed by atoms with Crippen LogP contribution in [0.15, 0.2) is 0 Å². The van der Waals surface area contributed by atoms with E-state index in [-0.39, 0.29) is 24.7 Å². The number of hydrogen-bond donors (Lipinski definition) is 1. The Morgan fingerprint density at radius 2 is 2.19 bits per heavy atom. The van der Waals surface area contributed by atoms with Crippen LogP contribution in [0.25, 0.3) is 0 Å². The molecule has 9 nitrogen and oxygen atoms in total. The van der Waals surface area contributed by atoms with Gasteiger partial charge in [0.05, 0.1) is 13.2 Å². The average molecular weight is 294 g/mol. The van der Waals surface area contributed by atoms with Crippen molar-refractivity contribution in [3.8, 4) is 6.07 Å². The van der Waals surface area contributed by atoms with Gasteiger partial charge in [0, 0.05) is 0 Å². The fourth-order valence-corrected chi connectivity index (χ4v) is 1.37. The van der Waals surface area contributed by atoms with E-state index in [0.717, 1.165) is 4.80 Å². The first kappa shape index (κ1) is 16.6. The SMILES string of the molecule is COC(=O)Cc1nnn(CC(=O)N[C@@](C)(C#N)C(C)C)n1. The zero-order chi connectivity index (χ0) is 16.0. The average Bonchev–Trinajstić information content (AvgIpc) is 2.84. The van der Waals surface area contributed by atoms with Gasteiger partial charge in [-0.25, -0.2) is 0 Å². The Morgan fingerprint density at radius 1 is 1.52 bits per heavy atom. The van der Waals surface area contributed by atoms with Crippen molar-refractivity contribution in [3.63, 3.8) is 0 Å². The van der Waals surface area contributed by atoms with Crippen LogP contribution in [0.2, 0.25) is 0 Å². The third-order valence-electron chi connectivity index (χ3n) is 3.10. The summed E-state index contributed by atoms with van der Waals surface area (Å²) in [4.78, 5) is 24.0. The molecule has 0 spiro atoms. The number of nitriles is 1. The summed E-state index contributed by atoms with van der Waals surface area (Å²) in [6.45, 7) is 5.14. The number of ether oxygens (including phenoxy) is 1. The number of aromatic nitrogens is 4. The number of carbonyl (C=O) groups excluding carboxylic acids is 2. The van der Waals surface area contributed by atoms with Crippen LogP contribution in [0.4, 0.5) is 0 Å². The van der Waals surface area contributed by atoms with E-state index in [4.69, 9.17) is 5.26 Å². The van der Waals surface area contributed by atoms with Crippen LogP contribution in [0, 0.1) is 17.2 Å². The highest BCUT2D eigenvalue weighted by molar-refractivity contribution is 5.77. The van der Waals surface area contributed by atoms with Crippen molar-refractivity contribution in [1.82, 2.24) is 25.5 Å². The van der Waals surface area contributed by atoms with Crippen LogP contribution in [-0.2, 0) is 27.3 Å². The van der Waals surface area contributed by atoms with Crippen LogP contribution < -0.4 is 5.32 Å². The molecule has 1 rings (SSSR count). The molecule has 0 aromatic carbocycles. The van der Waals surface area contributed by atoms with Gasteiger partial charge in [0.25, 0.3) is 0 Å². The standard InChI is InChI=1S/C12H18N6O3/c1-8(2)12(3,7-13)14-10(19)6-18-16-9(15-17-18)5-11(20)21-4/h8H,5-6H2,1-4H3,(H,14,19)/t12-/m0/s1. The van der Waals surface area contributed by atoms with E-state index >= 15 is 0 Å². The zero-order valence-electron chi connectivity index (χ0n) is 12.5. The Morgan fingerprint density at radius 3 is 2.71 bits per heavy atom. The van der Waals surface area contributed by atoms with Crippen LogP contribution in [0.3, 0.4) is 0 Å². The minimum absolute atomic E-state index is 0.0509. The second kappa shape index (κ2) is 6.78. The molecule has 1 aromatic heterocycles. The maximum atomic E-state index is 11.9. The molecule has 1 N–H and O–H groups in total. The molecule has 9 heteroatoms. The first-order valence-electron chi connectivity index (χ1n) is 6.36. The van der Waals surface area contributed by atoms with Gasteiger partial charge >= 0.3 is 5.97 Å². The maximum absolute atomic E-state index is 11.9. The zero-order valence-corrected chi connectivity index (χ0v) is 12.5. The van der Waals surface area contributed by atoms with E-state index in [1.807, 2.05) is 13.8 Å². The summed E-state index contributed by atoms with van der Waals surface area (Å²) in [6.07, 6.45) is -0.111. The number of hydrogen-bond acceptors (Lipinski definition) is 7. The Labute approximate surface area is 122 Å². The molecule has 0 unspecified atom stereocenters. The lowest BCUT2D eigenvalue weighted by Gasteiger charge is -2.27. The predicted molar refractivity (Wildman–Crippen MR) is 70.5 cm³/mol. The smallest absolute Gasteiger partial charge is 0.313 e. The van der Waals surface area contributed by atoms with Crippen molar-refractivity contribution in [3.05, 3.63) is 5.82 Å². The minimum Gasteiger partial charge on any atom is -0.469 e. The van der Waals surface area contributed by atoms with Gasteiger partial charge in [0.1, 0.15) is 18.5 Å². The molecule has 0 aliphatic carbocycles. The number of esters is 1. The summed E-state index contributed by atoms with van der Waals surface area (Å²) in [5.41, 5.74) is -0.966. The quantitative estimate of drug-likeness (QED) is 0.698. The summed E-state index contributed by atoms with van der Waals surface area (Å²) < 4.78 is 4.48. The number of amides is 1. The van der Waals surface area contributed by atoms with Gasteiger partial charge in [-0.3, -0.25) is 9.59 Å². The van der Waals surface area contributed by atoms with E-state index in [9.17, 15) is 9.59 Å². The number of rotatable bonds is 6. The third-order valence-corrected chi connectivity index (χ3v) is 3.10. The fraction of sp³-hybridized carbons (Fsp3) is 0.667. The minimum atomic E-state index is -0.966. The number of methoxy groups -OCH3 is 1. The maximum Gasteiger partial charge on any atom is 0.313 e. The number of tetrazole rings is 1. The first-order valence-corrected chi connectivity index (χ1v) is 6.36. The Balaban J connectivity index is 2.64. The molecular weight excluding hydrogens is 276 g/mol. The molecule has 0 radical (unpaired) electrons. The van der Waals surface area contributed by atoms with Gasteiger partial charge < -0.3 is 10.1 Å². The van der Waals surface area contributed by atoms with Gasteiger partial charge in [-0.2, -0.15) is 10.1 Å². The highest BCUT2D eigenvalue weighted by Gasteiger charge is 2.30. The molecule has 0 aliphatic rings. The molecular formula is C12H18N6O3. The van der Waals surface area contributed by atoms with Crippen molar-refractivity contribution >= 4 is 11.9 Å². The lowest BCUT2D eigenvalue weighted by molar-refractivity contribution is -0.139. The van der Waals surface area contributed by atoms with Crippen LogP contribution >= 0.6 is 0 Å². The monoisotopic (exact) mass is 294 g/mol. The lowest BCUT2D eigenvalue weighted by Crippen LogP contribution is -2.50. The lowest BCUT2D eigenvalue weighted by atomic mass is 9.90. The molecule has 1 aromatic rings. The number of carbonyl (C=O) groups is 2. The van der Waals surface area contributed by atoms with E-state index in [1.54, 1.807) is 6.92 Å². The Kier molecular flexibility index (Phi) is 5.35. The second-order valence-corrected chi connectivity index (χ2v) is 5.01. The molecule has 0 fully saturated rings. The molecule has 1 atom stereocenters. The molecule has 1 amide bonds. The topological polar surface area (TPSA) is 123 Å². The molecule has 0 saturated carbocycles.